The summed E-state index contributed by atoms with van der Waals surface area (Å²) in [6.07, 6.45) is 0. The van der Waals surface area contributed by atoms with Gasteiger partial charge in [-0.3, -0.25) is 0 Å². The van der Waals surface area contributed by atoms with Crippen LogP contribution in [0.2, 0.25) is 10.0 Å². The molecule has 0 bridgehead atoms. The molecule has 1 aromatic carbocycles. The Morgan fingerprint density at radius 3 is 2.73 bits per heavy atom. The number of rotatable bonds is 5. The molecule has 1 N–H and O–H groups in total. The molecular weight excluding hydrogens is 233 g/mol. The van der Waals surface area contributed by atoms with Crippen LogP contribution in [0.5, 0.6) is 0 Å². The van der Waals surface area contributed by atoms with Crippen molar-refractivity contribution < 1.29 is 4.74 Å². The molecule has 84 valence electrons. The van der Waals surface area contributed by atoms with Crippen LogP contribution < -0.4 is 5.32 Å². The van der Waals surface area contributed by atoms with Crippen molar-refractivity contribution in [3.63, 3.8) is 0 Å². The zero-order chi connectivity index (χ0) is 11.3. The molecule has 0 aliphatic carbocycles. The summed E-state index contributed by atoms with van der Waals surface area (Å²) in [5.41, 5.74) is 1.05. The van der Waals surface area contributed by atoms with Crippen LogP contribution in [0.25, 0.3) is 0 Å². The van der Waals surface area contributed by atoms with Crippen molar-refractivity contribution in [2.45, 2.75) is 13.0 Å². The van der Waals surface area contributed by atoms with E-state index < -0.39 is 0 Å². The average Bonchev–Trinajstić information content (AvgIpc) is 2.17. The van der Waals surface area contributed by atoms with E-state index in [1.54, 1.807) is 13.2 Å². The van der Waals surface area contributed by atoms with Gasteiger partial charge in [0.05, 0.1) is 6.61 Å². The van der Waals surface area contributed by atoms with Crippen molar-refractivity contribution in [2.24, 2.45) is 0 Å². The smallest absolute Gasteiger partial charge is 0.0587 e. The van der Waals surface area contributed by atoms with Crippen molar-refractivity contribution >= 4 is 23.2 Å². The quantitative estimate of drug-likeness (QED) is 0.807. The molecule has 1 aromatic rings. The van der Waals surface area contributed by atoms with E-state index >= 15 is 0 Å². The molecule has 1 rings (SSSR count). The number of benzene rings is 1. The second kappa shape index (κ2) is 6.33. The lowest BCUT2D eigenvalue weighted by molar-refractivity contribution is 0.196. The first kappa shape index (κ1) is 12.8. The van der Waals surface area contributed by atoms with Crippen molar-refractivity contribution in [2.75, 3.05) is 20.3 Å². The van der Waals surface area contributed by atoms with Crippen LogP contribution in [0.1, 0.15) is 18.5 Å². The first-order chi connectivity index (χ1) is 7.15. The Bertz CT molecular complexity index is 317. The van der Waals surface area contributed by atoms with Crippen molar-refractivity contribution in [1.29, 1.82) is 0 Å². The summed E-state index contributed by atoms with van der Waals surface area (Å²) in [5.74, 6) is 0. The first-order valence-corrected chi connectivity index (χ1v) is 5.58. The third kappa shape index (κ3) is 3.99. The summed E-state index contributed by atoms with van der Waals surface area (Å²) in [7, 11) is 1.68. The predicted molar refractivity (Wildman–Crippen MR) is 64.8 cm³/mol. The van der Waals surface area contributed by atoms with Crippen LogP contribution in [0, 0.1) is 0 Å². The van der Waals surface area contributed by atoms with E-state index in [0.29, 0.717) is 16.7 Å². The van der Waals surface area contributed by atoms with E-state index in [9.17, 15) is 0 Å². The highest BCUT2D eigenvalue weighted by atomic mass is 35.5. The molecule has 0 saturated heterocycles. The van der Waals surface area contributed by atoms with Gasteiger partial charge in [0.2, 0.25) is 0 Å². The number of halogens is 2. The molecule has 0 fully saturated rings. The lowest BCUT2D eigenvalue weighted by atomic mass is 10.1. The number of hydrogen-bond acceptors (Lipinski definition) is 2. The Hall–Kier alpha value is -0.280. The van der Waals surface area contributed by atoms with Gasteiger partial charge in [-0.2, -0.15) is 0 Å². The van der Waals surface area contributed by atoms with Gasteiger partial charge in [-0.15, -0.1) is 0 Å². The Labute approximate surface area is 101 Å². The van der Waals surface area contributed by atoms with Crippen LogP contribution in [0.15, 0.2) is 18.2 Å². The van der Waals surface area contributed by atoms with Gasteiger partial charge in [-0.25, -0.2) is 0 Å². The molecule has 0 saturated carbocycles. The molecule has 0 radical (unpaired) electrons. The fraction of sp³-hybridized carbons (Fsp3) is 0.455. The highest BCUT2D eigenvalue weighted by Gasteiger charge is 2.08. The molecule has 15 heavy (non-hydrogen) atoms. The van der Waals surface area contributed by atoms with E-state index in [-0.39, 0.29) is 6.04 Å². The van der Waals surface area contributed by atoms with Gasteiger partial charge < -0.3 is 10.1 Å². The molecule has 1 atom stereocenters. The fourth-order valence-corrected chi connectivity index (χ4v) is 1.91. The molecule has 4 heteroatoms. The van der Waals surface area contributed by atoms with Gasteiger partial charge in [0.1, 0.15) is 0 Å². The molecule has 0 amide bonds. The van der Waals surface area contributed by atoms with Gasteiger partial charge >= 0.3 is 0 Å². The van der Waals surface area contributed by atoms with Crippen molar-refractivity contribution in [3.05, 3.63) is 33.8 Å². The van der Waals surface area contributed by atoms with E-state index in [2.05, 4.69) is 12.2 Å². The van der Waals surface area contributed by atoms with E-state index in [1.165, 1.54) is 0 Å². The largest absolute Gasteiger partial charge is 0.383 e. The lowest BCUT2D eigenvalue weighted by Gasteiger charge is -2.15. The fourth-order valence-electron chi connectivity index (χ4n) is 1.34. The third-order valence-electron chi connectivity index (χ3n) is 2.19. The summed E-state index contributed by atoms with van der Waals surface area (Å²) in [4.78, 5) is 0. The molecular formula is C11H15Cl2NO. The monoisotopic (exact) mass is 247 g/mol. The maximum absolute atomic E-state index is 6.08. The summed E-state index contributed by atoms with van der Waals surface area (Å²) in [6.45, 7) is 3.55. The maximum atomic E-state index is 6.08. The minimum Gasteiger partial charge on any atom is -0.383 e. The topological polar surface area (TPSA) is 21.3 Å². The Morgan fingerprint density at radius 2 is 2.13 bits per heavy atom. The first-order valence-electron chi connectivity index (χ1n) is 4.82. The Balaban J connectivity index is 2.61. The normalized spacial score (nSPS) is 12.8. The van der Waals surface area contributed by atoms with Gasteiger partial charge in [-0.05, 0) is 24.6 Å². The molecule has 0 spiro atoms. The summed E-state index contributed by atoms with van der Waals surface area (Å²) < 4.78 is 4.96. The van der Waals surface area contributed by atoms with Crippen LogP contribution >= 0.6 is 23.2 Å². The second-order valence-corrected chi connectivity index (χ2v) is 4.18. The minimum absolute atomic E-state index is 0.199. The van der Waals surface area contributed by atoms with Crippen LogP contribution in [0.3, 0.4) is 0 Å². The number of methoxy groups -OCH3 is 1. The third-order valence-corrected chi connectivity index (χ3v) is 2.75. The highest BCUT2D eigenvalue weighted by Crippen LogP contribution is 2.25. The highest BCUT2D eigenvalue weighted by molar-refractivity contribution is 6.35. The number of ether oxygens (including phenoxy) is 1. The number of nitrogens with one attached hydrogen (secondary N) is 1. The van der Waals surface area contributed by atoms with Crippen LogP contribution in [-0.4, -0.2) is 20.3 Å². The predicted octanol–water partition coefficient (Wildman–Crippen LogP) is 3.29. The molecule has 2 nitrogen and oxygen atoms in total. The van der Waals surface area contributed by atoms with Crippen LogP contribution in [0.4, 0.5) is 0 Å². The SMILES string of the molecule is COCCN[C@H](C)c1ccc(Cl)cc1Cl. The molecule has 0 heterocycles. The zero-order valence-electron chi connectivity index (χ0n) is 8.89. The molecule has 0 unspecified atom stereocenters. The van der Waals surface area contributed by atoms with Gasteiger partial charge in [0, 0.05) is 29.7 Å². The Morgan fingerprint density at radius 1 is 1.40 bits per heavy atom. The van der Waals surface area contributed by atoms with E-state index in [0.717, 1.165) is 12.1 Å². The average molecular weight is 248 g/mol. The second-order valence-electron chi connectivity index (χ2n) is 3.33. The lowest BCUT2D eigenvalue weighted by Crippen LogP contribution is -2.23. The molecule has 0 aromatic heterocycles. The van der Waals surface area contributed by atoms with Gasteiger partial charge in [0.15, 0.2) is 0 Å². The standard InChI is InChI=1S/C11H15Cl2NO/c1-8(14-5-6-15-2)10-4-3-9(12)7-11(10)13/h3-4,7-8,14H,5-6H2,1-2H3/t8-/m1/s1. The minimum atomic E-state index is 0.199. The van der Waals surface area contributed by atoms with Gasteiger partial charge in [0.25, 0.3) is 0 Å². The van der Waals surface area contributed by atoms with Gasteiger partial charge in [-0.1, -0.05) is 29.3 Å². The van der Waals surface area contributed by atoms with Crippen molar-refractivity contribution in [1.82, 2.24) is 5.32 Å². The summed E-state index contributed by atoms with van der Waals surface area (Å²) in [5, 5.41) is 4.66. The maximum Gasteiger partial charge on any atom is 0.0587 e. The summed E-state index contributed by atoms with van der Waals surface area (Å²) >= 11 is 11.9. The van der Waals surface area contributed by atoms with Crippen LogP contribution in [-0.2, 0) is 4.74 Å². The van der Waals surface area contributed by atoms with E-state index in [1.807, 2.05) is 12.1 Å². The molecule has 0 aliphatic rings. The Kier molecular flexibility index (Phi) is 5.40. The van der Waals surface area contributed by atoms with E-state index in [4.69, 9.17) is 27.9 Å². The molecule has 0 aliphatic heterocycles. The number of hydrogen-bond donors (Lipinski definition) is 1. The zero-order valence-corrected chi connectivity index (χ0v) is 10.4. The van der Waals surface area contributed by atoms with Crippen molar-refractivity contribution in [3.8, 4) is 0 Å². The summed E-state index contributed by atoms with van der Waals surface area (Å²) in [6, 6.07) is 5.74.